The average molecular weight is 399 g/mol. The third-order valence-corrected chi connectivity index (χ3v) is 5.48. The minimum Gasteiger partial charge on any atom is -0.497 e. The van der Waals surface area contributed by atoms with Gasteiger partial charge in [-0.25, -0.2) is 0 Å². The molecule has 0 saturated carbocycles. The van der Waals surface area contributed by atoms with E-state index in [0.717, 1.165) is 34.2 Å². The maximum absolute atomic E-state index is 12.8. The van der Waals surface area contributed by atoms with E-state index in [2.05, 4.69) is 34.6 Å². The summed E-state index contributed by atoms with van der Waals surface area (Å²) in [7, 11) is 1.67. The van der Waals surface area contributed by atoms with Gasteiger partial charge >= 0.3 is 0 Å². The number of hydrogen-bond donors (Lipinski definition) is 2. The first-order valence-electron chi connectivity index (χ1n) is 10.2. The summed E-state index contributed by atoms with van der Waals surface area (Å²) in [4.78, 5) is 16.0. The normalized spacial score (nSPS) is 11.0. The van der Waals surface area contributed by atoms with E-state index in [1.54, 1.807) is 7.11 Å². The molecule has 0 fully saturated rings. The van der Waals surface area contributed by atoms with Crippen LogP contribution in [-0.4, -0.2) is 24.5 Å². The van der Waals surface area contributed by atoms with Gasteiger partial charge in [-0.15, -0.1) is 0 Å². The van der Waals surface area contributed by atoms with Crippen molar-refractivity contribution in [1.82, 2.24) is 10.3 Å². The molecule has 0 atom stereocenters. The number of rotatable bonds is 8. The molecule has 152 valence electrons. The second-order valence-corrected chi connectivity index (χ2v) is 7.40. The van der Waals surface area contributed by atoms with Crippen LogP contribution in [0.15, 0.2) is 85.1 Å². The van der Waals surface area contributed by atoms with Gasteiger partial charge in [0.05, 0.1) is 7.11 Å². The fourth-order valence-electron chi connectivity index (χ4n) is 3.88. The number of nitrogens with one attached hydrogen (secondary N) is 2. The predicted octanol–water partition coefficient (Wildman–Crippen LogP) is 5.06. The highest BCUT2D eigenvalue weighted by Gasteiger charge is 2.18. The van der Waals surface area contributed by atoms with Gasteiger partial charge in [-0.2, -0.15) is 0 Å². The average Bonchev–Trinajstić information content (AvgIpc) is 3.20. The van der Waals surface area contributed by atoms with Gasteiger partial charge in [-0.3, -0.25) is 4.79 Å². The Balaban J connectivity index is 1.41. The minimum absolute atomic E-state index is 0.0461. The Morgan fingerprint density at radius 3 is 2.27 bits per heavy atom. The summed E-state index contributed by atoms with van der Waals surface area (Å²) in [5, 5.41) is 4.23. The molecule has 0 aliphatic carbocycles. The van der Waals surface area contributed by atoms with Crippen LogP contribution in [0.25, 0.3) is 10.9 Å². The summed E-state index contributed by atoms with van der Waals surface area (Å²) in [5.41, 5.74) is 4.56. The molecule has 0 aliphatic rings. The monoisotopic (exact) mass is 398 g/mol. The van der Waals surface area contributed by atoms with E-state index in [-0.39, 0.29) is 11.8 Å². The molecule has 1 heterocycles. The molecule has 30 heavy (non-hydrogen) atoms. The number of benzene rings is 3. The SMILES string of the molecule is COc1ccc2[nH]cc(CCNC(=O)CC(c3ccccc3)c3ccccc3)c2c1. The van der Waals surface area contributed by atoms with Crippen molar-refractivity contribution < 1.29 is 9.53 Å². The zero-order valence-corrected chi connectivity index (χ0v) is 17.1. The lowest BCUT2D eigenvalue weighted by Crippen LogP contribution is -2.27. The summed E-state index contributed by atoms with van der Waals surface area (Å²) in [6.07, 6.45) is 3.20. The van der Waals surface area contributed by atoms with E-state index < -0.39 is 0 Å². The molecule has 4 aromatic rings. The van der Waals surface area contributed by atoms with E-state index in [9.17, 15) is 4.79 Å². The van der Waals surface area contributed by atoms with Crippen molar-refractivity contribution >= 4 is 16.8 Å². The van der Waals surface area contributed by atoms with Crippen molar-refractivity contribution in [2.75, 3.05) is 13.7 Å². The highest BCUT2D eigenvalue weighted by atomic mass is 16.5. The zero-order valence-electron chi connectivity index (χ0n) is 17.1. The van der Waals surface area contributed by atoms with Gasteiger partial charge in [0, 0.05) is 36.0 Å². The Morgan fingerprint density at radius 1 is 0.967 bits per heavy atom. The van der Waals surface area contributed by atoms with Crippen LogP contribution >= 0.6 is 0 Å². The van der Waals surface area contributed by atoms with E-state index in [4.69, 9.17) is 4.74 Å². The van der Waals surface area contributed by atoms with Crippen LogP contribution in [0.2, 0.25) is 0 Å². The highest BCUT2D eigenvalue weighted by molar-refractivity contribution is 5.84. The first-order chi connectivity index (χ1) is 14.7. The standard InChI is InChI=1S/C26H26N2O2/c1-30-22-12-13-25-24(16-22)21(18-28-25)14-15-27-26(29)17-23(19-8-4-2-5-9-19)20-10-6-3-7-11-20/h2-13,16,18,23,28H,14-15,17H2,1H3,(H,27,29). The molecule has 1 aromatic heterocycles. The number of amides is 1. The maximum atomic E-state index is 12.8. The second-order valence-electron chi connectivity index (χ2n) is 7.40. The summed E-state index contributed by atoms with van der Waals surface area (Å²) in [6.45, 7) is 0.597. The maximum Gasteiger partial charge on any atom is 0.220 e. The Labute approximate surface area is 176 Å². The summed E-state index contributed by atoms with van der Waals surface area (Å²) < 4.78 is 5.33. The number of ether oxygens (including phenoxy) is 1. The number of carbonyl (C=O) groups excluding carboxylic acids is 1. The van der Waals surface area contributed by atoms with E-state index in [1.807, 2.05) is 60.8 Å². The molecule has 4 nitrogen and oxygen atoms in total. The summed E-state index contributed by atoms with van der Waals surface area (Å²) in [6, 6.07) is 26.4. The summed E-state index contributed by atoms with van der Waals surface area (Å²) in [5.74, 6) is 0.941. The number of carbonyl (C=O) groups is 1. The van der Waals surface area contributed by atoms with Crippen molar-refractivity contribution in [3.05, 3.63) is 102 Å². The third kappa shape index (κ3) is 4.54. The highest BCUT2D eigenvalue weighted by Crippen LogP contribution is 2.28. The Hall–Kier alpha value is -3.53. The molecule has 2 N–H and O–H groups in total. The lowest BCUT2D eigenvalue weighted by atomic mass is 9.88. The predicted molar refractivity (Wildman–Crippen MR) is 121 cm³/mol. The smallest absolute Gasteiger partial charge is 0.220 e. The van der Waals surface area contributed by atoms with Crippen LogP contribution in [0.1, 0.15) is 29.0 Å². The number of hydrogen-bond acceptors (Lipinski definition) is 2. The lowest BCUT2D eigenvalue weighted by Gasteiger charge is -2.18. The number of methoxy groups -OCH3 is 1. The van der Waals surface area contributed by atoms with Crippen molar-refractivity contribution in [2.24, 2.45) is 0 Å². The van der Waals surface area contributed by atoms with E-state index in [0.29, 0.717) is 13.0 Å². The fraction of sp³-hybridized carbons (Fsp3) is 0.192. The van der Waals surface area contributed by atoms with Gasteiger partial charge in [0.1, 0.15) is 5.75 Å². The van der Waals surface area contributed by atoms with Gasteiger partial charge < -0.3 is 15.0 Å². The second kappa shape index (κ2) is 9.31. The molecule has 0 aliphatic heterocycles. The minimum atomic E-state index is 0.0461. The van der Waals surface area contributed by atoms with Crippen molar-refractivity contribution in [2.45, 2.75) is 18.8 Å². The number of fused-ring (bicyclic) bond motifs is 1. The number of H-pyrrole nitrogens is 1. The first kappa shape index (κ1) is 19.8. The Bertz CT molecular complexity index is 1060. The van der Waals surface area contributed by atoms with Crippen molar-refractivity contribution in [3.63, 3.8) is 0 Å². The van der Waals surface area contributed by atoms with Crippen molar-refractivity contribution in [1.29, 1.82) is 0 Å². The van der Waals surface area contributed by atoms with Crippen LogP contribution in [0.3, 0.4) is 0 Å². The molecule has 4 rings (SSSR count). The van der Waals surface area contributed by atoms with E-state index in [1.165, 1.54) is 5.56 Å². The number of aromatic nitrogens is 1. The molecular formula is C26H26N2O2. The van der Waals surface area contributed by atoms with Gasteiger partial charge in [0.25, 0.3) is 0 Å². The van der Waals surface area contributed by atoms with Crippen LogP contribution in [0.4, 0.5) is 0 Å². The topological polar surface area (TPSA) is 54.1 Å². The first-order valence-corrected chi connectivity index (χ1v) is 10.2. The third-order valence-electron chi connectivity index (χ3n) is 5.48. The van der Waals surface area contributed by atoms with Crippen LogP contribution in [0.5, 0.6) is 5.75 Å². The van der Waals surface area contributed by atoms with E-state index >= 15 is 0 Å². The molecule has 4 heteroatoms. The van der Waals surface area contributed by atoms with Gasteiger partial charge in [-0.05, 0) is 41.3 Å². The van der Waals surface area contributed by atoms with Gasteiger partial charge in [0.15, 0.2) is 0 Å². The zero-order chi connectivity index (χ0) is 20.8. The molecule has 1 amide bonds. The molecule has 0 radical (unpaired) electrons. The quantitative estimate of drug-likeness (QED) is 0.436. The van der Waals surface area contributed by atoms with Gasteiger partial charge in [0.2, 0.25) is 5.91 Å². The lowest BCUT2D eigenvalue weighted by molar-refractivity contribution is -0.121. The van der Waals surface area contributed by atoms with Crippen LogP contribution in [-0.2, 0) is 11.2 Å². The van der Waals surface area contributed by atoms with Gasteiger partial charge in [-0.1, -0.05) is 60.7 Å². The molecular weight excluding hydrogens is 372 g/mol. The fourth-order valence-corrected chi connectivity index (χ4v) is 3.88. The van der Waals surface area contributed by atoms with Crippen LogP contribution in [0, 0.1) is 0 Å². The molecule has 0 spiro atoms. The summed E-state index contributed by atoms with van der Waals surface area (Å²) >= 11 is 0. The number of aromatic amines is 1. The molecule has 0 bridgehead atoms. The van der Waals surface area contributed by atoms with Crippen LogP contribution < -0.4 is 10.1 Å². The molecule has 0 saturated heterocycles. The Kier molecular flexibility index (Phi) is 6.14. The Morgan fingerprint density at radius 2 is 1.63 bits per heavy atom. The van der Waals surface area contributed by atoms with Crippen molar-refractivity contribution in [3.8, 4) is 5.75 Å². The largest absolute Gasteiger partial charge is 0.497 e. The molecule has 3 aromatic carbocycles. The molecule has 0 unspecified atom stereocenters.